The molecule has 0 saturated heterocycles. The zero-order valence-corrected chi connectivity index (χ0v) is 10.9. The Morgan fingerprint density at radius 3 is 2.33 bits per heavy atom. The molecular weight excluding hydrogens is 224 g/mol. The SMILES string of the molecule is O=C(O)CCCCCc1ccc(CC2CC2)cc1. The van der Waals surface area contributed by atoms with E-state index < -0.39 is 5.97 Å². The number of aryl methyl sites for hydroxylation is 1. The summed E-state index contributed by atoms with van der Waals surface area (Å²) in [7, 11) is 0. The van der Waals surface area contributed by atoms with Crippen LogP contribution in [0, 0.1) is 5.92 Å². The third-order valence-corrected chi connectivity index (χ3v) is 3.60. The molecule has 1 aromatic rings. The van der Waals surface area contributed by atoms with Gasteiger partial charge in [0.25, 0.3) is 0 Å². The zero-order valence-electron chi connectivity index (χ0n) is 10.9. The van der Waals surface area contributed by atoms with Crippen molar-refractivity contribution in [3.8, 4) is 0 Å². The molecule has 1 aliphatic carbocycles. The molecule has 1 aromatic carbocycles. The van der Waals surface area contributed by atoms with Crippen LogP contribution in [0.4, 0.5) is 0 Å². The minimum Gasteiger partial charge on any atom is -0.481 e. The van der Waals surface area contributed by atoms with Gasteiger partial charge in [-0.15, -0.1) is 0 Å². The van der Waals surface area contributed by atoms with Gasteiger partial charge in [0.1, 0.15) is 0 Å². The van der Waals surface area contributed by atoms with Crippen LogP contribution in [0.25, 0.3) is 0 Å². The summed E-state index contributed by atoms with van der Waals surface area (Å²) in [4.78, 5) is 10.4. The molecule has 0 atom stereocenters. The van der Waals surface area contributed by atoms with Crippen LogP contribution in [0.15, 0.2) is 24.3 Å². The molecule has 2 rings (SSSR count). The molecule has 1 aliphatic rings. The second-order valence-corrected chi connectivity index (χ2v) is 5.42. The standard InChI is InChI=1S/C16H22O2/c17-16(18)5-3-1-2-4-13-6-8-14(9-7-13)12-15-10-11-15/h6-9,15H,1-5,10-12H2,(H,17,18). The lowest BCUT2D eigenvalue weighted by Gasteiger charge is -2.03. The second kappa shape index (κ2) is 6.58. The van der Waals surface area contributed by atoms with Gasteiger partial charge in [-0.25, -0.2) is 0 Å². The zero-order chi connectivity index (χ0) is 12.8. The van der Waals surface area contributed by atoms with Gasteiger partial charge in [0.2, 0.25) is 0 Å². The number of rotatable bonds is 8. The molecule has 0 unspecified atom stereocenters. The van der Waals surface area contributed by atoms with Gasteiger partial charge in [-0.2, -0.15) is 0 Å². The van der Waals surface area contributed by atoms with E-state index >= 15 is 0 Å². The lowest BCUT2D eigenvalue weighted by molar-refractivity contribution is -0.137. The van der Waals surface area contributed by atoms with Crippen molar-refractivity contribution >= 4 is 5.97 Å². The van der Waals surface area contributed by atoms with Crippen molar-refractivity contribution in [3.05, 3.63) is 35.4 Å². The smallest absolute Gasteiger partial charge is 0.303 e. The van der Waals surface area contributed by atoms with Crippen molar-refractivity contribution in [2.45, 2.75) is 51.4 Å². The van der Waals surface area contributed by atoms with E-state index in [1.807, 2.05) is 0 Å². The lowest BCUT2D eigenvalue weighted by Crippen LogP contribution is -1.94. The van der Waals surface area contributed by atoms with Crippen LogP contribution in [0.3, 0.4) is 0 Å². The van der Waals surface area contributed by atoms with Crippen LogP contribution >= 0.6 is 0 Å². The normalized spacial score (nSPS) is 14.7. The van der Waals surface area contributed by atoms with Gasteiger partial charge in [-0.1, -0.05) is 30.7 Å². The van der Waals surface area contributed by atoms with E-state index in [0.717, 1.165) is 31.6 Å². The monoisotopic (exact) mass is 246 g/mol. The first-order valence-electron chi connectivity index (χ1n) is 7.03. The quantitative estimate of drug-likeness (QED) is 0.708. The Balaban J connectivity index is 1.64. The first-order valence-corrected chi connectivity index (χ1v) is 7.03. The molecule has 1 saturated carbocycles. The van der Waals surface area contributed by atoms with Gasteiger partial charge in [0.15, 0.2) is 0 Å². The number of hydrogen-bond acceptors (Lipinski definition) is 1. The minimum absolute atomic E-state index is 0.306. The maximum Gasteiger partial charge on any atom is 0.303 e. The number of aliphatic carboxylic acids is 1. The van der Waals surface area contributed by atoms with Crippen LogP contribution in [0.2, 0.25) is 0 Å². The van der Waals surface area contributed by atoms with E-state index in [4.69, 9.17) is 5.11 Å². The Labute approximate surface area is 109 Å². The van der Waals surface area contributed by atoms with Gasteiger partial charge in [0, 0.05) is 6.42 Å². The predicted molar refractivity (Wildman–Crippen MR) is 72.7 cm³/mol. The van der Waals surface area contributed by atoms with Gasteiger partial charge in [0.05, 0.1) is 0 Å². The molecule has 2 heteroatoms. The molecule has 0 amide bonds. The summed E-state index contributed by atoms with van der Waals surface area (Å²) >= 11 is 0. The maximum absolute atomic E-state index is 10.4. The number of unbranched alkanes of at least 4 members (excludes halogenated alkanes) is 2. The third-order valence-electron chi connectivity index (χ3n) is 3.60. The van der Waals surface area contributed by atoms with E-state index in [-0.39, 0.29) is 0 Å². The molecule has 1 N–H and O–H groups in total. The van der Waals surface area contributed by atoms with E-state index in [1.165, 1.54) is 30.4 Å². The molecule has 98 valence electrons. The maximum atomic E-state index is 10.4. The highest BCUT2D eigenvalue weighted by Crippen LogP contribution is 2.32. The number of hydrogen-bond donors (Lipinski definition) is 1. The van der Waals surface area contributed by atoms with E-state index in [9.17, 15) is 4.79 Å². The summed E-state index contributed by atoms with van der Waals surface area (Å²) < 4.78 is 0. The first-order chi connectivity index (χ1) is 8.74. The Bertz CT molecular complexity index is 377. The predicted octanol–water partition coefficient (Wildman–Crippen LogP) is 3.83. The van der Waals surface area contributed by atoms with Crippen molar-refractivity contribution in [2.24, 2.45) is 5.92 Å². The summed E-state index contributed by atoms with van der Waals surface area (Å²) in [6, 6.07) is 8.97. The number of carboxylic acid groups (broad SMARTS) is 1. The number of benzene rings is 1. The lowest BCUT2D eigenvalue weighted by atomic mass is 10.0. The summed E-state index contributed by atoms with van der Waals surface area (Å²) in [5.41, 5.74) is 2.84. The van der Waals surface area contributed by atoms with Crippen molar-refractivity contribution < 1.29 is 9.90 Å². The average Bonchev–Trinajstić information content (AvgIpc) is 3.14. The molecule has 0 aromatic heterocycles. The topological polar surface area (TPSA) is 37.3 Å². The van der Waals surface area contributed by atoms with Gasteiger partial charge in [-0.05, 0) is 55.6 Å². The molecule has 0 heterocycles. The molecule has 1 fully saturated rings. The van der Waals surface area contributed by atoms with Gasteiger partial charge >= 0.3 is 5.97 Å². The highest BCUT2D eigenvalue weighted by atomic mass is 16.4. The highest BCUT2D eigenvalue weighted by Gasteiger charge is 2.21. The number of carbonyl (C=O) groups is 1. The molecule has 18 heavy (non-hydrogen) atoms. The van der Waals surface area contributed by atoms with Crippen LogP contribution in [0.1, 0.15) is 49.7 Å². The van der Waals surface area contributed by atoms with Crippen molar-refractivity contribution in [1.29, 1.82) is 0 Å². The Kier molecular flexibility index (Phi) is 4.80. The Morgan fingerprint density at radius 1 is 1.06 bits per heavy atom. The average molecular weight is 246 g/mol. The fraction of sp³-hybridized carbons (Fsp3) is 0.562. The Hall–Kier alpha value is -1.31. The third kappa shape index (κ3) is 4.91. The van der Waals surface area contributed by atoms with E-state index in [1.54, 1.807) is 0 Å². The molecule has 0 aliphatic heterocycles. The summed E-state index contributed by atoms with van der Waals surface area (Å²) in [6.07, 6.45) is 8.35. The molecule has 0 bridgehead atoms. The van der Waals surface area contributed by atoms with E-state index in [0.29, 0.717) is 6.42 Å². The highest BCUT2D eigenvalue weighted by molar-refractivity contribution is 5.66. The summed E-state index contributed by atoms with van der Waals surface area (Å²) in [5, 5.41) is 8.54. The largest absolute Gasteiger partial charge is 0.481 e. The van der Waals surface area contributed by atoms with Crippen molar-refractivity contribution in [3.63, 3.8) is 0 Å². The second-order valence-electron chi connectivity index (χ2n) is 5.42. The molecule has 0 radical (unpaired) electrons. The van der Waals surface area contributed by atoms with Gasteiger partial charge in [-0.3, -0.25) is 4.79 Å². The van der Waals surface area contributed by atoms with Crippen LogP contribution in [0.5, 0.6) is 0 Å². The Morgan fingerprint density at radius 2 is 1.72 bits per heavy atom. The van der Waals surface area contributed by atoms with Crippen LogP contribution in [-0.2, 0) is 17.6 Å². The van der Waals surface area contributed by atoms with Crippen molar-refractivity contribution in [1.82, 2.24) is 0 Å². The van der Waals surface area contributed by atoms with Crippen LogP contribution in [-0.4, -0.2) is 11.1 Å². The molecule has 0 spiro atoms. The summed E-state index contributed by atoms with van der Waals surface area (Å²) in [5.74, 6) is 0.270. The fourth-order valence-electron chi connectivity index (χ4n) is 2.28. The van der Waals surface area contributed by atoms with Crippen LogP contribution < -0.4 is 0 Å². The van der Waals surface area contributed by atoms with E-state index in [2.05, 4.69) is 24.3 Å². The van der Waals surface area contributed by atoms with Crippen molar-refractivity contribution in [2.75, 3.05) is 0 Å². The molecular formula is C16H22O2. The minimum atomic E-state index is -0.681. The molecule has 2 nitrogen and oxygen atoms in total. The summed E-state index contributed by atoms with van der Waals surface area (Å²) in [6.45, 7) is 0. The van der Waals surface area contributed by atoms with Gasteiger partial charge < -0.3 is 5.11 Å². The number of carboxylic acids is 1. The fourth-order valence-corrected chi connectivity index (χ4v) is 2.28. The first kappa shape index (κ1) is 13.1.